The van der Waals surface area contributed by atoms with Crippen molar-refractivity contribution >= 4 is 11.8 Å². The minimum atomic E-state index is -0.443. The van der Waals surface area contributed by atoms with E-state index in [2.05, 4.69) is 17.0 Å². The molecule has 1 saturated heterocycles. The van der Waals surface area contributed by atoms with E-state index in [0.717, 1.165) is 38.2 Å². The Kier molecular flexibility index (Phi) is 5.52. The van der Waals surface area contributed by atoms with Crippen molar-refractivity contribution in [1.29, 1.82) is 0 Å². The zero-order valence-electron chi connectivity index (χ0n) is 14.7. The largest absolute Gasteiger partial charge is 0.444 e. The topological polar surface area (TPSA) is 58.8 Å². The summed E-state index contributed by atoms with van der Waals surface area (Å²) in [6.07, 6.45) is 1.73. The Labute approximate surface area is 139 Å². The van der Waals surface area contributed by atoms with E-state index in [9.17, 15) is 4.79 Å². The van der Waals surface area contributed by atoms with Crippen LogP contribution in [0.2, 0.25) is 0 Å². The first kappa shape index (κ1) is 17.6. The smallest absolute Gasteiger partial charge is 0.410 e. The molecule has 1 fully saturated rings. The van der Waals surface area contributed by atoms with Gasteiger partial charge in [0.05, 0.1) is 0 Å². The molecule has 0 radical (unpaired) electrons. The fourth-order valence-corrected chi connectivity index (χ4v) is 2.83. The second-order valence-corrected chi connectivity index (χ2v) is 7.34. The van der Waals surface area contributed by atoms with Crippen molar-refractivity contribution in [2.45, 2.75) is 51.8 Å². The molecule has 0 atom stereocenters. The summed E-state index contributed by atoms with van der Waals surface area (Å²) < 4.78 is 5.45. The maximum absolute atomic E-state index is 12.1. The second kappa shape index (κ2) is 7.21. The summed E-state index contributed by atoms with van der Waals surface area (Å²) in [4.78, 5) is 16.3. The number of nitrogens with two attached hydrogens (primary N) is 1. The van der Waals surface area contributed by atoms with E-state index in [0.29, 0.717) is 0 Å². The van der Waals surface area contributed by atoms with Gasteiger partial charge in [0.25, 0.3) is 0 Å². The number of benzene rings is 1. The van der Waals surface area contributed by atoms with E-state index in [1.165, 1.54) is 5.56 Å². The molecule has 1 aromatic rings. The molecule has 5 nitrogen and oxygen atoms in total. The summed E-state index contributed by atoms with van der Waals surface area (Å²) in [7, 11) is 1.84. The molecular formula is C18H29N3O2. The minimum absolute atomic E-state index is 0.227. The lowest BCUT2D eigenvalue weighted by atomic mass is 10.0. The molecule has 0 aromatic heterocycles. The Bertz CT molecular complexity index is 514. The number of hydrogen-bond donors (Lipinski definition) is 1. The summed E-state index contributed by atoms with van der Waals surface area (Å²) >= 11 is 0. The first-order valence-corrected chi connectivity index (χ1v) is 8.27. The SMILES string of the molecule is CN(C(=O)OC(C)(C)C)C1CCN(Cc2ccc(N)cc2)CC1. The first-order valence-electron chi connectivity index (χ1n) is 8.27. The molecule has 0 spiro atoms. The van der Waals surface area contributed by atoms with Gasteiger partial charge < -0.3 is 15.4 Å². The molecular weight excluding hydrogens is 290 g/mol. The number of ether oxygens (including phenoxy) is 1. The van der Waals surface area contributed by atoms with Gasteiger partial charge in [0.1, 0.15) is 5.60 Å². The van der Waals surface area contributed by atoms with Crippen molar-refractivity contribution in [2.24, 2.45) is 0 Å². The van der Waals surface area contributed by atoms with Crippen LogP contribution in [0, 0.1) is 0 Å². The maximum atomic E-state index is 12.1. The zero-order chi connectivity index (χ0) is 17.0. The molecule has 0 bridgehead atoms. The normalized spacial score (nSPS) is 17.0. The van der Waals surface area contributed by atoms with Crippen molar-refractivity contribution in [1.82, 2.24) is 9.80 Å². The number of carbonyl (C=O) groups is 1. The molecule has 2 rings (SSSR count). The van der Waals surface area contributed by atoms with E-state index in [-0.39, 0.29) is 12.1 Å². The third-order valence-electron chi connectivity index (χ3n) is 4.17. The summed E-state index contributed by atoms with van der Waals surface area (Å²) in [5, 5.41) is 0. The van der Waals surface area contributed by atoms with E-state index in [1.807, 2.05) is 40.0 Å². The van der Waals surface area contributed by atoms with Gasteiger partial charge in [-0.3, -0.25) is 4.90 Å². The Morgan fingerprint density at radius 3 is 2.35 bits per heavy atom. The highest BCUT2D eigenvalue weighted by molar-refractivity contribution is 5.68. The fraction of sp³-hybridized carbons (Fsp3) is 0.611. The average molecular weight is 319 g/mol. The number of rotatable bonds is 3. The highest BCUT2D eigenvalue weighted by Gasteiger charge is 2.28. The molecule has 0 saturated carbocycles. The minimum Gasteiger partial charge on any atom is -0.444 e. The quantitative estimate of drug-likeness (QED) is 0.870. The predicted molar refractivity (Wildman–Crippen MR) is 93.2 cm³/mol. The van der Waals surface area contributed by atoms with E-state index in [4.69, 9.17) is 10.5 Å². The predicted octanol–water partition coefficient (Wildman–Crippen LogP) is 3.10. The summed E-state index contributed by atoms with van der Waals surface area (Å²) in [5.41, 5.74) is 7.35. The highest BCUT2D eigenvalue weighted by Crippen LogP contribution is 2.20. The van der Waals surface area contributed by atoms with Crippen LogP contribution in [-0.2, 0) is 11.3 Å². The molecule has 1 heterocycles. The molecule has 1 aliphatic heterocycles. The molecule has 1 aliphatic rings. The van der Waals surface area contributed by atoms with Crippen molar-refractivity contribution in [2.75, 3.05) is 25.9 Å². The van der Waals surface area contributed by atoms with Crippen molar-refractivity contribution < 1.29 is 9.53 Å². The standard InChI is InChI=1S/C18H29N3O2/c1-18(2,3)23-17(22)20(4)16-9-11-21(12-10-16)13-14-5-7-15(19)8-6-14/h5-8,16H,9-13,19H2,1-4H3. The van der Waals surface area contributed by atoms with Crippen LogP contribution in [0.15, 0.2) is 24.3 Å². The van der Waals surface area contributed by atoms with Crippen LogP contribution in [0.3, 0.4) is 0 Å². The summed E-state index contributed by atoms with van der Waals surface area (Å²) in [6.45, 7) is 8.60. The number of piperidine rings is 1. The van der Waals surface area contributed by atoms with Crippen molar-refractivity contribution in [3.8, 4) is 0 Å². The highest BCUT2D eigenvalue weighted by atomic mass is 16.6. The molecule has 0 aliphatic carbocycles. The molecule has 0 unspecified atom stereocenters. The number of carbonyl (C=O) groups excluding carboxylic acids is 1. The monoisotopic (exact) mass is 319 g/mol. The van der Waals surface area contributed by atoms with E-state index in [1.54, 1.807) is 4.90 Å². The van der Waals surface area contributed by atoms with Gasteiger partial charge in [-0.15, -0.1) is 0 Å². The van der Waals surface area contributed by atoms with Gasteiger partial charge >= 0.3 is 6.09 Å². The van der Waals surface area contributed by atoms with Gasteiger partial charge in [0.2, 0.25) is 0 Å². The van der Waals surface area contributed by atoms with Gasteiger partial charge in [-0.1, -0.05) is 12.1 Å². The number of hydrogen-bond acceptors (Lipinski definition) is 4. The van der Waals surface area contributed by atoms with E-state index < -0.39 is 5.60 Å². The Hall–Kier alpha value is -1.75. The lowest BCUT2D eigenvalue weighted by molar-refractivity contribution is 0.0149. The molecule has 128 valence electrons. The number of nitrogen functional groups attached to an aromatic ring is 1. The van der Waals surface area contributed by atoms with Crippen LogP contribution in [0.25, 0.3) is 0 Å². The van der Waals surface area contributed by atoms with Crippen LogP contribution in [-0.4, -0.2) is 47.7 Å². The van der Waals surface area contributed by atoms with Crippen LogP contribution in [0.1, 0.15) is 39.2 Å². The van der Waals surface area contributed by atoms with Crippen molar-refractivity contribution in [3.05, 3.63) is 29.8 Å². The number of anilines is 1. The molecule has 1 amide bonds. The molecule has 5 heteroatoms. The van der Waals surface area contributed by atoms with E-state index >= 15 is 0 Å². The molecule has 2 N–H and O–H groups in total. The summed E-state index contributed by atoms with van der Waals surface area (Å²) in [6, 6.07) is 8.30. The third kappa shape index (κ3) is 5.43. The van der Waals surface area contributed by atoms with Gasteiger partial charge in [-0.25, -0.2) is 4.79 Å². The zero-order valence-corrected chi connectivity index (χ0v) is 14.7. The lowest BCUT2D eigenvalue weighted by Crippen LogP contribution is -2.46. The van der Waals surface area contributed by atoms with Crippen LogP contribution >= 0.6 is 0 Å². The number of nitrogens with zero attached hydrogens (tertiary/aromatic N) is 2. The second-order valence-electron chi connectivity index (χ2n) is 7.34. The average Bonchev–Trinajstić information content (AvgIpc) is 2.48. The van der Waals surface area contributed by atoms with Gasteiger partial charge in [-0.05, 0) is 51.3 Å². The number of likely N-dealkylation sites (tertiary alicyclic amines) is 1. The number of amides is 1. The van der Waals surface area contributed by atoms with Gasteiger partial charge in [0.15, 0.2) is 0 Å². The van der Waals surface area contributed by atoms with Crippen molar-refractivity contribution in [3.63, 3.8) is 0 Å². The molecule has 23 heavy (non-hydrogen) atoms. The Balaban J connectivity index is 1.81. The van der Waals surface area contributed by atoms with Crippen LogP contribution in [0.4, 0.5) is 10.5 Å². The Morgan fingerprint density at radius 1 is 1.26 bits per heavy atom. The van der Waals surface area contributed by atoms with Gasteiger partial charge in [0, 0.05) is 38.4 Å². The van der Waals surface area contributed by atoms with Crippen LogP contribution in [0.5, 0.6) is 0 Å². The fourth-order valence-electron chi connectivity index (χ4n) is 2.83. The van der Waals surface area contributed by atoms with Gasteiger partial charge in [-0.2, -0.15) is 0 Å². The third-order valence-corrected chi connectivity index (χ3v) is 4.17. The first-order chi connectivity index (χ1) is 10.7. The maximum Gasteiger partial charge on any atom is 0.410 e. The van der Waals surface area contributed by atoms with Crippen LogP contribution < -0.4 is 5.73 Å². The molecule has 1 aromatic carbocycles. The lowest BCUT2D eigenvalue weighted by Gasteiger charge is -2.37. The summed E-state index contributed by atoms with van der Waals surface area (Å²) in [5.74, 6) is 0. The Morgan fingerprint density at radius 2 is 1.83 bits per heavy atom.